The number of hydrogen-bond donors (Lipinski definition) is 2. The Morgan fingerprint density at radius 2 is 1.94 bits per heavy atom. The SMILES string of the molecule is CC[C@H](Nc1ncnc2nc[nH]c12)c1nc2cccc(F)c2c(=O)n1-c1ccc(F)cc1F. The maximum absolute atomic E-state index is 14.8. The van der Waals surface area contributed by atoms with Gasteiger partial charge in [-0.05, 0) is 30.7 Å². The lowest BCUT2D eigenvalue weighted by Crippen LogP contribution is -2.29. The van der Waals surface area contributed by atoms with Crippen LogP contribution in [-0.4, -0.2) is 29.5 Å². The smallest absolute Gasteiger partial charge is 0.269 e. The standard InChI is InChI=1S/C22H16F3N7O/c1-2-14(30-20-18-19(27-9-26-18)28-10-29-20)21-31-15-5-3-4-12(24)17(15)22(33)32(21)16-7-6-11(23)8-13(16)25/h3-10,14H,2H2,1H3,(H2,26,27,28,29,30)/t14-/m0/s1. The Kier molecular flexibility index (Phi) is 5.00. The van der Waals surface area contributed by atoms with Crippen LogP contribution in [0.1, 0.15) is 25.2 Å². The van der Waals surface area contributed by atoms with Crippen molar-refractivity contribution in [1.29, 1.82) is 0 Å². The zero-order valence-electron chi connectivity index (χ0n) is 17.2. The van der Waals surface area contributed by atoms with E-state index in [0.717, 1.165) is 22.8 Å². The Balaban J connectivity index is 1.77. The van der Waals surface area contributed by atoms with Crippen LogP contribution in [-0.2, 0) is 0 Å². The summed E-state index contributed by atoms with van der Waals surface area (Å²) < 4.78 is 43.9. The molecule has 0 bridgehead atoms. The summed E-state index contributed by atoms with van der Waals surface area (Å²) in [5.74, 6) is -2.08. The van der Waals surface area contributed by atoms with Gasteiger partial charge in [0.2, 0.25) is 0 Å². The third-order valence-electron chi connectivity index (χ3n) is 5.28. The highest BCUT2D eigenvalue weighted by atomic mass is 19.1. The van der Waals surface area contributed by atoms with E-state index < -0.39 is 29.1 Å². The quantitative estimate of drug-likeness (QED) is 0.418. The van der Waals surface area contributed by atoms with Crippen molar-refractivity contribution in [2.75, 3.05) is 5.32 Å². The first-order chi connectivity index (χ1) is 16.0. The molecule has 3 heterocycles. The van der Waals surface area contributed by atoms with E-state index in [1.54, 1.807) is 0 Å². The number of nitrogens with zero attached hydrogens (tertiary/aromatic N) is 5. The van der Waals surface area contributed by atoms with E-state index >= 15 is 0 Å². The summed E-state index contributed by atoms with van der Waals surface area (Å²) >= 11 is 0. The molecule has 1 atom stereocenters. The molecule has 166 valence electrons. The molecule has 0 aliphatic carbocycles. The third kappa shape index (κ3) is 3.47. The minimum absolute atomic E-state index is 0.109. The topological polar surface area (TPSA) is 101 Å². The predicted molar refractivity (Wildman–Crippen MR) is 116 cm³/mol. The van der Waals surface area contributed by atoms with Crippen molar-refractivity contribution in [3.8, 4) is 5.69 Å². The molecule has 0 aliphatic heterocycles. The maximum Gasteiger partial charge on any atom is 0.269 e. The number of H-pyrrole nitrogens is 1. The van der Waals surface area contributed by atoms with E-state index in [1.165, 1.54) is 24.8 Å². The maximum atomic E-state index is 14.8. The summed E-state index contributed by atoms with van der Waals surface area (Å²) in [5.41, 5.74) is 0.0165. The van der Waals surface area contributed by atoms with Crippen LogP contribution in [0.4, 0.5) is 19.0 Å². The van der Waals surface area contributed by atoms with Crippen LogP contribution in [0.25, 0.3) is 27.8 Å². The van der Waals surface area contributed by atoms with Crippen molar-refractivity contribution < 1.29 is 13.2 Å². The Bertz CT molecular complexity index is 1560. The number of imidazole rings is 1. The zero-order valence-corrected chi connectivity index (χ0v) is 17.2. The molecule has 0 aliphatic rings. The molecule has 33 heavy (non-hydrogen) atoms. The molecule has 0 radical (unpaired) electrons. The predicted octanol–water partition coefficient (Wildman–Crippen LogP) is 4.03. The molecule has 0 fully saturated rings. The molecule has 8 nitrogen and oxygen atoms in total. The number of benzene rings is 2. The van der Waals surface area contributed by atoms with Gasteiger partial charge in [0, 0.05) is 6.07 Å². The summed E-state index contributed by atoms with van der Waals surface area (Å²) in [4.78, 5) is 33.2. The average Bonchev–Trinajstić information content (AvgIpc) is 3.28. The molecule has 0 spiro atoms. The van der Waals surface area contributed by atoms with Crippen molar-refractivity contribution in [1.82, 2.24) is 29.5 Å². The molecular formula is C22H16F3N7O. The van der Waals surface area contributed by atoms with Gasteiger partial charge in [-0.15, -0.1) is 0 Å². The molecule has 2 N–H and O–H groups in total. The van der Waals surface area contributed by atoms with Crippen LogP contribution < -0.4 is 10.9 Å². The number of anilines is 1. The number of halogens is 3. The summed E-state index contributed by atoms with van der Waals surface area (Å²) in [5, 5.41) is 2.89. The number of rotatable bonds is 5. The summed E-state index contributed by atoms with van der Waals surface area (Å²) in [7, 11) is 0. The molecule has 11 heteroatoms. The van der Waals surface area contributed by atoms with E-state index in [0.29, 0.717) is 29.5 Å². The highest BCUT2D eigenvalue weighted by molar-refractivity contribution is 5.82. The van der Waals surface area contributed by atoms with Gasteiger partial charge in [0.25, 0.3) is 5.56 Å². The van der Waals surface area contributed by atoms with Crippen LogP contribution >= 0.6 is 0 Å². The van der Waals surface area contributed by atoms with E-state index in [4.69, 9.17) is 0 Å². The summed E-state index contributed by atoms with van der Waals surface area (Å²) in [6.45, 7) is 1.83. The normalized spacial score (nSPS) is 12.4. The van der Waals surface area contributed by atoms with Crippen LogP contribution in [0, 0.1) is 17.5 Å². The Morgan fingerprint density at radius 3 is 2.73 bits per heavy atom. The molecule has 0 saturated carbocycles. The van der Waals surface area contributed by atoms with Crippen molar-refractivity contribution in [3.05, 3.63) is 82.7 Å². The van der Waals surface area contributed by atoms with Gasteiger partial charge >= 0.3 is 0 Å². The van der Waals surface area contributed by atoms with Gasteiger partial charge in [-0.25, -0.2) is 33.1 Å². The lowest BCUT2D eigenvalue weighted by Gasteiger charge is -2.22. The first-order valence-electron chi connectivity index (χ1n) is 10.0. The lowest BCUT2D eigenvalue weighted by molar-refractivity contribution is 0.568. The molecule has 5 aromatic rings. The molecule has 5 rings (SSSR count). The fourth-order valence-corrected chi connectivity index (χ4v) is 3.72. The van der Waals surface area contributed by atoms with Crippen LogP contribution in [0.2, 0.25) is 0 Å². The molecule has 3 aromatic heterocycles. The van der Waals surface area contributed by atoms with Crippen LogP contribution in [0.15, 0.2) is 53.8 Å². The van der Waals surface area contributed by atoms with Gasteiger partial charge < -0.3 is 10.3 Å². The van der Waals surface area contributed by atoms with E-state index in [-0.39, 0.29) is 22.4 Å². The fraction of sp³-hybridized carbons (Fsp3) is 0.136. The van der Waals surface area contributed by atoms with Gasteiger partial charge in [0.1, 0.15) is 40.5 Å². The van der Waals surface area contributed by atoms with Gasteiger partial charge in [0.05, 0.1) is 23.6 Å². The van der Waals surface area contributed by atoms with Crippen LogP contribution in [0.3, 0.4) is 0 Å². The zero-order chi connectivity index (χ0) is 23.1. The highest BCUT2D eigenvalue weighted by Gasteiger charge is 2.24. The van der Waals surface area contributed by atoms with Crippen molar-refractivity contribution in [2.24, 2.45) is 0 Å². The second kappa shape index (κ2) is 8.01. The Hall–Kier alpha value is -4.28. The lowest BCUT2D eigenvalue weighted by atomic mass is 10.1. The van der Waals surface area contributed by atoms with Gasteiger partial charge in [-0.1, -0.05) is 13.0 Å². The Labute approximate surface area is 184 Å². The largest absolute Gasteiger partial charge is 0.358 e. The molecule has 0 amide bonds. The summed E-state index contributed by atoms with van der Waals surface area (Å²) in [6, 6.07) is 6.20. The first-order valence-corrected chi connectivity index (χ1v) is 10.0. The number of fused-ring (bicyclic) bond motifs is 2. The van der Waals surface area contributed by atoms with Crippen molar-refractivity contribution >= 4 is 27.9 Å². The minimum Gasteiger partial charge on any atom is -0.358 e. The van der Waals surface area contributed by atoms with E-state index in [2.05, 4.69) is 30.2 Å². The number of aromatic nitrogens is 6. The second-order valence-electron chi connectivity index (χ2n) is 7.27. The van der Waals surface area contributed by atoms with Crippen molar-refractivity contribution in [3.63, 3.8) is 0 Å². The van der Waals surface area contributed by atoms with Gasteiger partial charge in [-0.3, -0.25) is 9.36 Å². The fourth-order valence-electron chi connectivity index (χ4n) is 3.72. The summed E-state index contributed by atoms with van der Waals surface area (Å²) in [6.07, 6.45) is 3.19. The first kappa shape index (κ1) is 20.6. The second-order valence-corrected chi connectivity index (χ2v) is 7.27. The number of aromatic amines is 1. The highest BCUT2D eigenvalue weighted by Crippen LogP contribution is 2.27. The third-order valence-corrected chi connectivity index (χ3v) is 5.28. The van der Waals surface area contributed by atoms with Crippen LogP contribution in [0.5, 0.6) is 0 Å². The van der Waals surface area contributed by atoms with E-state index in [9.17, 15) is 18.0 Å². The molecule has 0 saturated heterocycles. The number of hydrogen-bond acceptors (Lipinski definition) is 6. The molecule has 2 aromatic carbocycles. The van der Waals surface area contributed by atoms with Gasteiger partial charge in [0.15, 0.2) is 11.5 Å². The van der Waals surface area contributed by atoms with Gasteiger partial charge in [-0.2, -0.15) is 0 Å². The molecular weight excluding hydrogens is 435 g/mol. The molecule has 0 unspecified atom stereocenters. The minimum atomic E-state index is -0.983. The van der Waals surface area contributed by atoms with Crippen molar-refractivity contribution in [2.45, 2.75) is 19.4 Å². The average molecular weight is 451 g/mol. The van der Waals surface area contributed by atoms with E-state index in [1.807, 2.05) is 6.92 Å². The monoisotopic (exact) mass is 451 g/mol. The number of nitrogens with one attached hydrogen (secondary N) is 2. The Morgan fingerprint density at radius 1 is 1.09 bits per heavy atom.